The van der Waals surface area contributed by atoms with Crippen LogP contribution in [0.5, 0.6) is 0 Å². The lowest BCUT2D eigenvalue weighted by Gasteiger charge is -2.22. The van der Waals surface area contributed by atoms with Gasteiger partial charge < -0.3 is 15.7 Å². The molecule has 0 bridgehead atoms. The Morgan fingerprint density at radius 3 is 2.57 bits per heavy atom. The molecule has 2 amide bonds. The lowest BCUT2D eigenvalue weighted by atomic mass is 10.0. The summed E-state index contributed by atoms with van der Waals surface area (Å²) in [6.07, 6.45) is 1.28. The molecule has 1 rings (SSSR count). The summed E-state index contributed by atoms with van der Waals surface area (Å²) in [4.78, 5) is 22.5. The first kappa shape index (κ1) is 18.9. The monoisotopic (exact) mass is 323 g/mol. The summed E-state index contributed by atoms with van der Waals surface area (Å²) in [6, 6.07) is 5.21. The van der Waals surface area contributed by atoms with Crippen LogP contribution in [0.25, 0.3) is 0 Å². The van der Waals surface area contributed by atoms with Crippen LogP contribution in [0, 0.1) is 16.0 Å². The van der Waals surface area contributed by atoms with Crippen molar-refractivity contribution in [3.8, 4) is 0 Å². The maximum atomic E-state index is 12.1. The third-order valence-corrected chi connectivity index (χ3v) is 3.51. The van der Waals surface area contributed by atoms with E-state index in [1.165, 1.54) is 12.1 Å². The van der Waals surface area contributed by atoms with Crippen molar-refractivity contribution in [3.05, 3.63) is 39.9 Å². The van der Waals surface area contributed by atoms with Crippen molar-refractivity contribution in [2.75, 3.05) is 6.61 Å². The number of amides is 2. The van der Waals surface area contributed by atoms with E-state index in [1.54, 1.807) is 12.1 Å². The van der Waals surface area contributed by atoms with E-state index in [2.05, 4.69) is 10.6 Å². The molecule has 7 heteroatoms. The summed E-state index contributed by atoms with van der Waals surface area (Å²) in [5.41, 5.74) is 0.678. The average molecular weight is 323 g/mol. The zero-order valence-electron chi connectivity index (χ0n) is 13.8. The van der Waals surface area contributed by atoms with Gasteiger partial charge in [-0.3, -0.25) is 10.1 Å². The number of nitrogens with zero attached hydrogens (tertiary/aromatic N) is 1. The summed E-state index contributed by atoms with van der Waals surface area (Å²) < 4.78 is 0. The van der Waals surface area contributed by atoms with Crippen molar-refractivity contribution in [2.24, 2.45) is 5.92 Å². The summed E-state index contributed by atoms with van der Waals surface area (Å²) in [5.74, 6) is 0.353. The molecule has 23 heavy (non-hydrogen) atoms. The Hall–Kier alpha value is -2.15. The molecule has 0 aliphatic carbocycles. The molecule has 3 N–H and O–H groups in total. The molecule has 0 radical (unpaired) electrons. The number of hydrogen-bond acceptors (Lipinski definition) is 4. The highest BCUT2D eigenvalue weighted by Crippen LogP contribution is 2.21. The van der Waals surface area contributed by atoms with Crippen LogP contribution < -0.4 is 10.6 Å². The molecule has 1 aromatic carbocycles. The molecular weight excluding hydrogens is 298 g/mol. The molecule has 0 aliphatic heterocycles. The van der Waals surface area contributed by atoms with Gasteiger partial charge in [0.15, 0.2) is 0 Å². The van der Waals surface area contributed by atoms with E-state index >= 15 is 0 Å². The van der Waals surface area contributed by atoms with Crippen molar-refractivity contribution in [1.82, 2.24) is 10.6 Å². The number of non-ortho nitro benzene ring substituents is 1. The van der Waals surface area contributed by atoms with Crippen molar-refractivity contribution < 1.29 is 14.8 Å². The first-order valence-corrected chi connectivity index (χ1v) is 7.79. The molecule has 0 saturated carbocycles. The molecule has 7 nitrogen and oxygen atoms in total. The lowest BCUT2D eigenvalue weighted by Crippen LogP contribution is -2.45. The van der Waals surface area contributed by atoms with Crippen LogP contribution in [-0.2, 0) is 0 Å². The summed E-state index contributed by atoms with van der Waals surface area (Å²) in [5, 5.41) is 25.7. The van der Waals surface area contributed by atoms with Crippen molar-refractivity contribution in [2.45, 2.75) is 45.7 Å². The van der Waals surface area contributed by atoms with Crippen LogP contribution in [0.3, 0.4) is 0 Å². The number of rotatable bonds is 8. The van der Waals surface area contributed by atoms with Gasteiger partial charge in [-0.2, -0.15) is 0 Å². The van der Waals surface area contributed by atoms with E-state index in [9.17, 15) is 20.0 Å². The fourth-order valence-corrected chi connectivity index (χ4v) is 2.41. The number of hydrogen-bond donors (Lipinski definition) is 3. The molecule has 0 spiro atoms. The van der Waals surface area contributed by atoms with Crippen molar-refractivity contribution in [3.63, 3.8) is 0 Å². The lowest BCUT2D eigenvalue weighted by molar-refractivity contribution is -0.384. The molecule has 1 aromatic rings. The van der Waals surface area contributed by atoms with E-state index in [1.807, 2.05) is 20.8 Å². The molecule has 2 atom stereocenters. The molecule has 0 aliphatic rings. The molecule has 0 aromatic heterocycles. The highest BCUT2D eigenvalue weighted by Gasteiger charge is 2.18. The van der Waals surface area contributed by atoms with Gasteiger partial charge in [-0.25, -0.2) is 4.79 Å². The number of benzene rings is 1. The van der Waals surface area contributed by atoms with Crippen LogP contribution in [0.4, 0.5) is 10.5 Å². The minimum absolute atomic E-state index is 0.00352. The number of carbonyl (C=O) groups is 1. The zero-order valence-corrected chi connectivity index (χ0v) is 13.8. The third-order valence-electron chi connectivity index (χ3n) is 3.51. The Labute approximate surface area is 136 Å². The third kappa shape index (κ3) is 6.23. The number of urea groups is 1. The van der Waals surface area contributed by atoms with E-state index in [4.69, 9.17) is 0 Å². The van der Waals surface area contributed by atoms with Gasteiger partial charge in [-0.15, -0.1) is 0 Å². The maximum absolute atomic E-state index is 12.1. The SMILES string of the molecule is CCC(NC(=O)NC(CO)CC(C)C)c1cccc([N+](=O)[O-])c1. The highest BCUT2D eigenvalue weighted by atomic mass is 16.6. The number of nitro benzene ring substituents is 1. The summed E-state index contributed by atoms with van der Waals surface area (Å²) >= 11 is 0. The number of aliphatic hydroxyl groups is 1. The quantitative estimate of drug-likeness (QED) is 0.505. The van der Waals surface area contributed by atoms with Crippen molar-refractivity contribution in [1.29, 1.82) is 0 Å². The van der Waals surface area contributed by atoms with Crippen LogP contribution in [0.1, 0.15) is 45.2 Å². The smallest absolute Gasteiger partial charge is 0.315 e. The molecular formula is C16H25N3O4. The molecule has 0 heterocycles. The Morgan fingerprint density at radius 1 is 1.35 bits per heavy atom. The normalized spacial score (nSPS) is 13.4. The van der Waals surface area contributed by atoms with Crippen LogP contribution in [-0.4, -0.2) is 28.7 Å². The van der Waals surface area contributed by atoms with Gasteiger partial charge in [0.25, 0.3) is 5.69 Å². The first-order valence-electron chi connectivity index (χ1n) is 7.79. The van der Waals surface area contributed by atoms with Crippen molar-refractivity contribution >= 4 is 11.7 Å². The maximum Gasteiger partial charge on any atom is 0.315 e. The van der Waals surface area contributed by atoms with Crippen LogP contribution in [0.15, 0.2) is 24.3 Å². The Balaban J connectivity index is 2.73. The van der Waals surface area contributed by atoms with E-state index < -0.39 is 4.92 Å². The fraction of sp³-hybridized carbons (Fsp3) is 0.562. The number of aliphatic hydroxyl groups excluding tert-OH is 1. The average Bonchev–Trinajstić information content (AvgIpc) is 2.51. The zero-order chi connectivity index (χ0) is 17.4. The highest BCUT2D eigenvalue weighted by molar-refractivity contribution is 5.74. The van der Waals surface area contributed by atoms with Crippen LogP contribution in [0.2, 0.25) is 0 Å². The summed E-state index contributed by atoms with van der Waals surface area (Å²) in [7, 11) is 0. The van der Waals surface area contributed by atoms with Gasteiger partial charge in [-0.1, -0.05) is 32.9 Å². The second-order valence-corrected chi connectivity index (χ2v) is 5.94. The Kier molecular flexibility index (Phi) is 7.47. The topological polar surface area (TPSA) is 104 Å². The minimum Gasteiger partial charge on any atom is -0.394 e. The van der Waals surface area contributed by atoms with Gasteiger partial charge in [0.05, 0.1) is 23.6 Å². The molecule has 2 unspecified atom stereocenters. The minimum atomic E-state index is -0.458. The summed E-state index contributed by atoms with van der Waals surface area (Å²) in [6.45, 7) is 5.79. The van der Waals surface area contributed by atoms with Gasteiger partial charge >= 0.3 is 6.03 Å². The van der Waals surface area contributed by atoms with Gasteiger partial charge in [0.1, 0.15) is 0 Å². The van der Waals surface area contributed by atoms with Gasteiger partial charge in [0, 0.05) is 12.1 Å². The fourth-order valence-electron chi connectivity index (χ4n) is 2.41. The first-order chi connectivity index (χ1) is 10.9. The van der Waals surface area contributed by atoms with E-state index in [-0.39, 0.29) is 30.4 Å². The number of nitrogens with one attached hydrogen (secondary N) is 2. The second kappa shape index (κ2) is 9.09. The van der Waals surface area contributed by atoms with Crippen LogP contribution >= 0.6 is 0 Å². The second-order valence-electron chi connectivity index (χ2n) is 5.94. The largest absolute Gasteiger partial charge is 0.394 e. The number of carbonyl (C=O) groups excluding carboxylic acids is 1. The van der Waals surface area contributed by atoms with Gasteiger partial charge in [-0.05, 0) is 24.3 Å². The predicted octanol–water partition coefficient (Wildman–Crippen LogP) is 2.75. The van der Waals surface area contributed by atoms with Gasteiger partial charge in [0.2, 0.25) is 0 Å². The Bertz CT molecular complexity index is 534. The molecule has 128 valence electrons. The molecule has 0 saturated heterocycles. The predicted molar refractivity (Wildman–Crippen MR) is 88.1 cm³/mol. The standard InChI is InChI=1S/C16H25N3O4/c1-4-15(12-6-5-7-14(9-12)19(22)23)18-16(21)17-13(10-20)8-11(2)3/h5-7,9,11,13,15,20H,4,8,10H2,1-3H3,(H2,17,18,21). The number of nitro groups is 1. The van der Waals surface area contributed by atoms with E-state index in [0.29, 0.717) is 24.3 Å². The van der Waals surface area contributed by atoms with E-state index in [0.717, 1.165) is 0 Å². The molecule has 0 fully saturated rings. The Morgan fingerprint density at radius 2 is 2.04 bits per heavy atom.